The van der Waals surface area contributed by atoms with Gasteiger partial charge in [0.25, 0.3) is 10.0 Å². The van der Waals surface area contributed by atoms with E-state index in [0.29, 0.717) is 11.6 Å². The predicted molar refractivity (Wildman–Crippen MR) is 103 cm³/mol. The molecule has 0 spiro atoms. The smallest absolute Gasteiger partial charge is 0.274 e. The number of sulfonamides is 1. The number of aryl methyl sites for hydroxylation is 1. The fourth-order valence-electron chi connectivity index (χ4n) is 2.96. The molecule has 0 unspecified atom stereocenters. The van der Waals surface area contributed by atoms with E-state index in [1.54, 1.807) is 6.07 Å². The van der Waals surface area contributed by atoms with E-state index in [1.165, 1.54) is 18.3 Å². The summed E-state index contributed by atoms with van der Waals surface area (Å²) in [6.45, 7) is 5.84. The molecule has 0 bridgehead atoms. The molecule has 0 aliphatic rings. The number of H-pyrrole nitrogens is 1. The van der Waals surface area contributed by atoms with E-state index in [-0.39, 0.29) is 16.8 Å². The van der Waals surface area contributed by atoms with Crippen LogP contribution in [0.15, 0.2) is 56.6 Å². The quantitative estimate of drug-likeness (QED) is 0.509. The summed E-state index contributed by atoms with van der Waals surface area (Å²) < 4.78 is 38.9. The van der Waals surface area contributed by atoms with Crippen molar-refractivity contribution in [1.29, 1.82) is 0 Å². The normalized spacial score (nSPS) is 13.4. The molecule has 1 atom stereocenters. The highest BCUT2D eigenvalue weighted by atomic mass is 32.2. The van der Waals surface area contributed by atoms with Crippen molar-refractivity contribution in [2.75, 3.05) is 0 Å². The zero-order chi connectivity index (χ0) is 19.9. The largest absolute Gasteiger partial charge is 0.440 e. The Balaban J connectivity index is 1.65. The summed E-state index contributed by atoms with van der Waals surface area (Å²) in [4.78, 5) is 7.79. The minimum atomic E-state index is -3.91. The number of hydrogen-bond acceptors (Lipinski definition) is 6. The Morgan fingerprint density at radius 3 is 2.64 bits per heavy atom. The number of benzene rings is 1. The number of nitrogens with zero attached hydrogens (tertiary/aromatic N) is 2. The van der Waals surface area contributed by atoms with Gasteiger partial charge in [0.15, 0.2) is 5.76 Å². The van der Waals surface area contributed by atoms with E-state index in [9.17, 15) is 8.42 Å². The van der Waals surface area contributed by atoms with Gasteiger partial charge in [0, 0.05) is 6.07 Å². The van der Waals surface area contributed by atoms with Crippen molar-refractivity contribution in [3.63, 3.8) is 0 Å². The second-order valence-electron chi connectivity index (χ2n) is 6.98. The van der Waals surface area contributed by atoms with E-state index in [2.05, 4.69) is 19.8 Å². The Hall–Kier alpha value is -2.91. The molecule has 4 aromatic rings. The number of rotatable bonds is 6. The van der Waals surface area contributed by atoms with Gasteiger partial charge >= 0.3 is 0 Å². The van der Waals surface area contributed by atoms with Crippen molar-refractivity contribution in [2.45, 2.75) is 31.9 Å². The Bertz CT molecular complexity index is 1210. The number of aromatic amines is 1. The second-order valence-corrected chi connectivity index (χ2v) is 8.63. The maximum atomic E-state index is 12.9. The number of hydrogen-bond donors (Lipinski definition) is 2. The molecule has 3 heterocycles. The van der Waals surface area contributed by atoms with Crippen LogP contribution in [0.4, 0.5) is 0 Å². The second kappa shape index (κ2) is 6.92. The van der Waals surface area contributed by atoms with Crippen molar-refractivity contribution in [3.8, 4) is 11.5 Å². The average molecular weight is 400 g/mol. The van der Waals surface area contributed by atoms with Crippen molar-refractivity contribution >= 4 is 21.1 Å². The standard InChI is InChI=1S/C19H20N4O4S/c1-11(2)18(19-21-13-5-4-12(3)10-14(13)22-19)23-28(24,25)17-7-6-15(26-17)16-8-9-20-27-16/h4-11,18,23H,1-3H3,(H,21,22)/t18-/m0/s1. The molecule has 4 rings (SSSR count). The van der Waals surface area contributed by atoms with Gasteiger partial charge in [0.1, 0.15) is 5.82 Å². The van der Waals surface area contributed by atoms with Crippen LogP contribution in [-0.2, 0) is 10.0 Å². The number of furan rings is 1. The Morgan fingerprint density at radius 2 is 1.93 bits per heavy atom. The van der Waals surface area contributed by atoms with E-state index in [4.69, 9.17) is 8.94 Å². The first-order chi connectivity index (χ1) is 13.3. The summed E-state index contributed by atoms with van der Waals surface area (Å²) in [6.07, 6.45) is 1.46. The third-order valence-corrected chi connectivity index (χ3v) is 5.74. The molecule has 0 radical (unpaired) electrons. The maximum absolute atomic E-state index is 12.9. The average Bonchev–Trinajstić information content (AvgIpc) is 3.37. The van der Waals surface area contributed by atoms with Crippen LogP contribution >= 0.6 is 0 Å². The monoisotopic (exact) mass is 400 g/mol. The SMILES string of the molecule is Cc1ccc2nc([C@@H](NS(=O)(=O)c3ccc(-c4ccno4)o3)C(C)C)[nH]c2c1. The molecule has 0 fully saturated rings. The zero-order valence-corrected chi connectivity index (χ0v) is 16.4. The fourth-order valence-corrected chi connectivity index (χ4v) is 4.24. The lowest BCUT2D eigenvalue weighted by Crippen LogP contribution is -2.32. The highest BCUT2D eigenvalue weighted by Crippen LogP contribution is 2.28. The van der Waals surface area contributed by atoms with Gasteiger partial charge in [-0.2, -0.15) is 4.72 Å². The number of fused-ring (bicyclic) bond motifs is 1. The van der Waals surface area contributed by atoms with Crippen molar-refractivity contribution in [3.05, 3.63) is 54.0 Å². The maximum Gasteiger partial charge on any atom is 0.274 e. The van der Waals surface area contributed by atoms with Gasteiger partial charge in [-0.15, -0.1) is 0 Å². The van der Waals surface area contributed by atoms with Gasteiger partial charge in [-0.1, -0.05) is 25.1 Å². The Labute approximate surface area is 162 Å². The first-order valence-corrected chi connectivity index (χ1v) is 10.3. The number of nitrogens with one attached hydrogen (secondary N) is 2. The molecule has 3 aromatic heterocycles. The summed E-state index contributed by atoms with van der Waals surface area (Å²) >= 11 is 0. The van der Waals surface area contributed by atoms with Crippen molar-refractivity contribution in [1.82, 2.24) is 19.8 Å². The van der Waals surface area contributed by atoms with E-state index in [1.807, 2.05) is 39.0 Å². The van der Waals surface area contributed by atoms with Crippen LogP contribution < -0.4 is 4.72 Å². The van der Waals surface area contributed by atoms with Crippen LogP contribution in [0.1, 0.15) is 31.3 Å². The molecule has 0 saturated carbocycles. The van der Waals surface area contributed by atoms with Crippen LogP contribution in [0.2, 0.25) is 0 Å². The molecule has 0 amide bonds. The minimum Gasteiger partial charge on any atom is -0.440 e. The van der Waals surface area contributed by atoms with Crippen LogP contribution in [-0.4, -0.2) is 23.5 Å². The highest BCUT2D eigenvalue weighted by molar-refractivity contribution is 7.89. The number of imidazole rings is 1. The molecule has 28 heavy (non-hydrogen) atoms. The summed E-state index contributed by atoms with van der Waals surface area (Å²) in [5.74, 6) is 1.16. The Kier molecular flexibility index (Phi) is 4.56. The minimum absolute atomic E-state index is 0.0415. The molecule has 0 aliphatic heterocycles. The number of aromatic nitrogens is 3. The van der Waals surface area contributed by atoms with E-state index < -0.39 is 16.1 Å². The van der Waals surface area contributed by atoms with E-state index in [0.717, 1.165) is 16.6 Å². The van der Waals surface area contributed by atoms with Gasteiger partial charge in [-0.05, 0) is 42.7 Å². The van der Waals surface area contributed by atoms with Crippen LogP contribution in [0, 0.1) is 12.8 Å². The first-order valence-electron chi connectivity index (χ1n) is 8.83. The lowest BCUT2D eigenvalue weighted by atomic mass is 10.1. The summed E-state index contributed by atoms with van der Waals surface area (Å²) in [5.41, 5.74) is 2.75. The van der Waals surface area contributed by atoms with Gasteiger partial charge in [0.05, 0.1) is 23.3 Å². The Morgan fingerprint density at radius 1 is 1.11 bits per heavy atom. The molecular formula is C19H20N4O4S. The first kappa shape index (κ1) is 18.5. The predicted octanol–water partition coefficient (Wildman–Crippen LogP) is 3.79. The molecule has 1 aromatic carbocycles. The van der Waals surface area contributed by atoms with Gasteiger partial charge in [-0.3, -0.25) is 0 Å². The third-order valence-electron chi connectivity index (χ3n) is 4.43. The summed E-state index contributed by atoms with van der Waals surface area (Å²) in [6, 6.07) is 9.83. The fraction of sp³-hybridized carbons (Fsp3) is 0.263. The van der Waals surface area contributed by atoms with Crippen molar-refractivity contribution < 1.29 is 17.4 Å². The molecule has 0 aliphatic carbocycles. The molecule has 0 saturated heterocycles. The lowest BCUT2D eigenvalue weighted by molar-refractivity contribution is 0.395. The van der Waals surface area contributed by atoms with Gasteiger partial charge < -0.3 is 13.9 Å². The summed E-state index contributed by atoms with van der Waals surface area (Å²) in [7, 11) is -3.91. The van der Waals surface area contributed by atoms with Crippen LogP contribution in [0.5, 0.6) is 0 Å². The topological polar surface area (TPSA) is 114 Å². The molecule has 8 nitrogen and oxygen atoms in total. The molecule has 146 valence electrons. The lowest BCUT2D eigenvalue weighted by Gasteiger charge is -2.19. The molecular weight excluding hydrogens is 380 g/mol. The summed E-state index contributed by atoms with van der Waals surface area (Å²) in [5, 5.41) is 3.40. The zero-order valence-electron chi connectivity index (χ0n) is 15.6. The van der Waals surface area contributed by atoms with Gasteiger partial charge in [-0.25, -0.2) is 13.4 Å². The highest BCUT2D eigenvalue weighted by Gasteiger charge is 2.29. The van der Waals surface area contributed by atoms with E-state index >= 15 is 0 Å². The molecule has 9 heteroatoms. The van der Waals surface area contributed by atoms with Crippen molar-refractivity contribution in [2.24, 2.45) is 5.92 Å². The van der Waals surface area contributed by atoms with Gasteiger partial charge in [0.2, 0.25) is 10.9 Å². The van der Waals surface area contributed by atoms with Crippen LogP contribution in [0.25, 0.3) is 22.6 Å². The third kappa shape index (κ3) is 3.46. The molecule has 2 N–H and O–H groups in total. The van der Waals surface area contributed by atoms with Crippen LogP contribution in [0.3, 0.4) is 0 Å².